The summed E-state index contributed by atoms with van der Waals surface area (Å²) in [5, 5.41) is 11.1. The number of hydrogen-bond donors (Lipinski definition) is 1. The Morgan fingerprint density at radius 2 is 2.24 bits per heavy atom. The molecule has 1 aromatic rings. The lowest BCUT2D eigenvalue weighted by Gasteiger charge is -2.27. The quantitative estimate of drug-likeness (QED) is 0.768. The highest BCUT2D eigenvalue weighted by molar-refractivity contribution is 5.40. The van der Waals surface area contributed by atoms with Gasteiger partial charge in [-0.3, -0.25) is 0 Å². The monoisotopic (exact) mass is 237 g/mol. The number of hydrogen-bond acceptors (Lipinski definition) is 6. The van der Waals surface area contributed by atoms with Crippen LogP contribution in [-0.4, -0.2) is 48.0 Å². The van der Waals surface area contributed by atoms with Crippen molar-refractivity contribution in [2.75, 3.05) is 43.1 Å². The number of nitrogens with zero attached hydrogens (tertiary/aromatic N) is 4. The van der Waals surface area contributed by atoms with Gasteiger partial charge in [-0.15, -0.1) is 5.10 Å². The Kier molecular flexibility index (Phi) is 4.49. The van der Waals surface area contributed by atoms with E-state index < -0.39 is 0 Å². The third kappa shape index (κ3) is 3.52. The molecule has 1 aliphatic heterocycles. The predicted molar refractivity (Wildman–Crippen MR) is 66.3 cm³/mol. The van der Waals surface area contributed by atoms with Crippen LogP contribution in [0.25, 0.3) is 0 Å². The second-order valence-corrected chi connectivity index (χ2v) is 4.02. The van der Waals surface area contributed by atoms with Crippen molar-refractivity contribution in [3.63, 3.8) is 0 Å². The molecule has 0 radical (unpaired) electrons. The van der Waals surface area contributed by atoms with Crippen LogP contribution in [0.15, 0.2) is 6.20 Å². The van der Waals surface area contributed by atoms with Crippen molar-refractivity contribution in [3.05, 3.63) is 6.20 Å². The van der Waals surface area contributed by atoms with E-state index in [1.54, 1.807) is 6.20 Å². The molecule has 1 fully saturated rings. The van der Waals surface area contributed by atoms with Gasteiger partial charge in [0.05, 0.1) is 19.4 Å². The van der Waals surface area contributed by atoms with Crippen molar-refractivity contribution in [2.24, 2.45) is 0 Å². The zero-order chi connectivity index (χ0) is 11.9. The third-order valence-electron chi connectivity index (χ3n) is 2.69. The van der Waals surface area contributed by atoms with Crippen molar-refractivity contribution < 1.29 is 4.74 Å². The molecule has 6 heteroatoms. The summed E-state index contributed by atoms with van der Waals surface area (Å²) < 4.78 is 5.31. The van der Waals surface area contributed by atoms with Crippen molar-refractivity contribution in [1.29, 1.82) is 0 Å². The van der Waals surface area contributed by atoms with E-state index in [0.717, 1.165) is 51.5 Å². The van der Waals surface area contributed by atoms with Crippen LogP contribution in [0.3, 0.4) is 0 Å². The number of rotatable bonds is 5. The third-order valence-corrected chi connectivity index (χ3v) is 2.69. The van der Waals surface area contributed by atoms with Crippen LogP contribution in [0.4, 0.5) is 11.8 Å². The first-order chi connectivity index (χ1) is 8.40. The van der Waals surface area contributed by atoms with Crippen LogP contribution in [0.1, 0.15) is 19.8 Å². The molecule has 0 amide bonds. The molecule has 0 saturated carbocycles. The van der Waals surface area contributed by atoms with E-state index in [0.29, 0.717) is 5.95 Å². The van der Waals surface area contributed by atoms with E-state index in [1.807, 2.05) is 0 Å². The molecule has 1 aromatic heterocycles. The van der Waals surface area contributed by atoms with Gasteiger partial charge in [-0.05, 0) is 6.42 Å². The summed E-state index contributed by atoms with van der Waals surface area (Å²) in [6.45, 7) is 6.29. The smallest absolute Gasteiger partial charge is 0.244 e. The fraction of sp³-hybridized carbons (Fsp3) is 0.727. The van der Waals surface area contributed by atoms with Crippen molar-refractivity contribution >= 4 is 11.8 Å². The average Bonchev–Trinajstić information content (AvgIpc) is 2.41. The van der Waals surface area contributed by atoms with E-state index in [1.165, 1.54) is 0 Å². The molecule has 6 nitrogen and oxygen atoms in total. The maximum Gasteiger partial charge on any atom is 0.244 e. The second-order valence-electron chi connectivity index (χ2n) is 4.02. The number of aromatic nitrogens is 3. The molecule has 0 aromatic carbocycles. The summed E-state index contributed by atoms with van der Waals surface area (Å²) in [4.78, 5) is 6.62. The fourth-order valence-electron chi connectivity index (χ4n) is 1.69. The lowest BCUT2D eigenvalue weighted by Crippen LogP contribution is -2.37. The van der Waals surface area contributed by atoms with Gasteiger partial charge >= 0.3 is 0 Å². The summed E-state index contributed by atoms with van der Waals surface area (Å²) in [5.41, 5.74) is 0. The number of nitrogens with one attached hydrogen (secondary N) is 1. The molecule has 1 N–H and O–H groups in total. The molecule has 2 heterocycles. The molecule has 1 aliphatic rings. The van der Waals surface area contributed by atoms with E-state index in [2.05, 4.69) is 32.3 Å². The molecular weight excluding hydrogens is 218 g/mol. The topological polar surface area (TPSA) is 63.2 Å². The molecule has 0 atom stereocenters. The van der Waals surface area contributed by atoms with Gasteiger partial charge < -0.3 is 15.0 Å². The van der Waals surface area contributed by atoms with Crippen LogP contribution in [0, 0.1) is 0 Å². The summed E-state index contributed by atoms with van der Waals surface area (Å²) in [5.74, 6) is 1.49. The minimum atomic E-state index is 0.613. The van der Waals surface area contributed by atoms with E-state index in [9.17, 15) is 0 Å². The van der Waals surface area contributed by atoms with Gasteiger partial charge in [0.25, 0.3) is 0 Å². The van der Waals surface area contributed by atoms with Gasteiger partial charge in [-0.2, -0.15) is 10.1 Å². The molecule has 0 unspecified atom stereocenters. The van der Waals surface area contributed by atoms with Crippen LogP contribution < -0.4 is 10.2 Å². The highest BCUT2D eigenvalue weighted by Gasteiger charge is 2.13. The number of morpholine rings is 1. The van der Waals surface area contributed by atoms with Gasteiger partial charge in [0.2, 0.25) is 5.95 Å². The number of unbranched alkanes of at least 4 members (excludes halogenated alkanes) is 1. The molecular formula is C11H19N5O. The van der Waals surface area contributed by atoms with Crippen LogP contribution >= 0.6 is 0 Å². The molecule has 94 valence electrons. The number of ether oxygens (including phenoxy) is 1. The first kappa shape index (κ1) is 12.0. The van der Waals surface area contributed by atoms with Crippen LogP contribution in [0.2, 0.25) is 0 Å². The van der Waals surface area contributed by atoms with Crippen LogP contribution in [0.5, 0.6) is 0 Å². The van der Waals surface area contributed by atoms with Crippen molar-refractivity contribution in [2.45, 2.75) is 19.8 Å². The largest absolute Gasteiger partial charge is 0.378 e. The standard InChI is InChI=1S/C11H19N5O/c1-2-3-4-12-11-14-10(9-13-15-11)16-5-7-17-8-6-16/h9H,2-8H2,1H3,(H,12,14,15). The van der Waals surface area contributed by atoms with Gasteiger partial charge in [-0.1, -0.05) is 13.3 Å². The average molecular weight is 237 g/mol. The first-order valence-corrected chi connectivity index (χ1v) is 6.16. The Bertz CT molecular complexity index is 340. The Morgan fingerprint density at radius 3 is 3.00 bits per heavy atom. The van der Waals surface area contributed by atoms with E-state index >= 15 is 0 Å². The summed E-state index contributed by atoms with van der Waals surface area (Å²) in [7, 11) is 0. The Morgan fingerprint density at radius 1 is 1.41 bits per heavy atom. The highest BCUT2D eigenvalue weighted by Crippen LogP contribution is 2.12. The molecule has 17 heavy (non-hydrogen) atoms. The Labute approximate surface area is 101 Å². The molecule has 0 aliphatic carbocycles. The molecule has 0 bridgehead atoms. The minimum Gasteiger partial charge on any atom is -0.378 e. The maximum absolute atomic E-state index is 5.31. The van der Waals surface area contributed by atoms with Gasteiger partial charge in [0.1, 0.15) is 0 Å². The maximum atomic E-state index is 5.31. The van der Waals surface area contributed by atoms with Crippen LogP contribution in [-0.2, 0) is 4.74 Å². The van der Waals surface area contributed by atoms with Crippen molar-refractivity contribution in [3.8, 4) is 0 Å². The lowest BCUT2D eigenvalue weighted by molar-refractivity contribution is 0.122. The minimum absolute atomic E-state index is 0.613. The SMILES string of the molecule is CCCCNc1nncc(N2CCOCC2)n1. The first-order valence-electron chi connectivity index (χ1n) is 6.16. The highest BCUT2D eigenvalue weighted by atomic mass is 16.5. The zero-order valence-corrected chi connectivity index (χ0v) is 10.2. The normalized spacial score (nSPS) is 15.9. The second kappa shape index (κ2) is 6.34. The summed E-state index contributed by atoms with van der Waals surface area (Å²) in [6, 6.07) is 0. The van der Waals surface area contributed by atoms with E-state index in [4.69, 9.17) is 4.74 Å². The Hall–Kier alpha value is -1.43. The van der Waals surface area contributed by atoms with Crippen molar-refractivity contribution in [1.82, 2.24) is 15.2 Å². The van der Waals surface area contributed by atoms with E-state index in [-0.39, 0.29) is 0 Å². The van der Waals surface area contributed by atoms with Gasteiger partial charge in [0, 0.05) is 19.6 Å². The zero-order valence-electron chi connectivity index (χ0n) is 10.2. The van der Waals surface area contributed by atoms with Gasteiger partial charge in [-0.25, -0.2) is 0 Å². The lowest BCUT2D eigenvalue weighted by atomic mass is 10.3. The molecule has 0 spiro atoms. The fourth-order valence-corrected chi connectivity index (χ4v) is 1.69. The number of anilines is 2. The van der Waals surface area contributed by atoms with Gasteiger partial charge in [0.15, 0.2) is 5.82 Å². The summed E-state index contributed by atoms with van der Waals surface area (Å²) >= 11 is 0. The molecule has 1 saturated heterocycles. The summed E-state index contributed by atoms with van der Waals surface area (Å²) in [6.07, 6.45) is 3.98. The Balaban J connectivity index is 1.95. The predicted octanol–water partition coefficient (Wildman–Crippen LogP) is 0.920. The molecule has 2 rings (SSSR count).